The van der Waals surface area contributed by atoms with Gasteiger partial charge in [0.25, 0.3) is 0 Å². The predicted octanol–water partition coefficient (Wildman–Crippen LogP) is 0.0760. The number of carbonyl (C=O) groups is 2. The molecule has 0 rings (SSSR count). The van der Waals surface area contributed by atoms with Crippen LogP contribution in [0.4, 0.5) is 0 Å². The lowest BCUT2D eigenvalue weighted by Crippen LogP contribution is -2.10. The molecule has 0 aliphatic carbocycles. The maximum atomic E-state index is 10.5. The van der Waals surface area contributed by atoms with Gasteiger partial charge in [-0.3, -0.25) is 0 Å². The second-order valence-electron chi connectivity index (χ2n) is 1.77. The highest BCUT2D eigenvalue weighted by Gasteiger charge is 2.15. The number of methoxy groups -OCH3 is 1. The summed E-state index contributed by atoms with van der Waals surface area (Å²) in [4.78, 5) is 20.6. The van der Waals surface area contributed by atoms with Crippen molar-refractivity contribution in [3.63, 3.8) is 0 Å². The second kappa shape index (κ2) is 3.60. The zero-order chi connectivity index (χ0) is 9.02. The van der Waals surface area contributed by atoms with Crippen LogP contribution in [0.1, 0.15) is 6.92 Å². The van der Waals surface area contributed by atoms with Crippen molar-refractivity contribution in [3.05, 3.63) is 11.3 Å². The molecule has 0 aromatic rings. The van der Waals surface area contributed by atoms with Crippen molar-refractivity contribution in [3.8, 4) is 0 Å². The van der Waals surface area contributed by atoms with Crippen LogP contribution in [-0.4, -0.2) is 29.3 Å². The molecule has 0 aliphatic rings. The van der Waals surface area contributed by atoms with Crippen LogP contribution in [0.2, 0.25) is 0 Å². The van der Waals surface area contributed by atoms with Crippen molar-refractivity contribution < 1.29 is 24.5 Å². The van der Waals surface area contributed by atoms with Gasteiger partial charge >= 0.3 is 11.9 Å². The van der Waals surface area contributed by atoms with E-state index in [-0.39, 0.29) is 0 Å². The fourth-order valence-corrected chi connectivity index (χ4v) is 0.351. The van der Waals surface area contributed by atoms with Gasteiger partial charge in [-0.25, -0.2) is 9.59 Å². The third-order valence-electron chi connectivity index (χ3n) is 1.05. The Morgan fingerprint density at radius 1 is 1.27 bits per heavy atom. The summed E-state index contributed by atoms with van der Waals surface area (Å²) in [5.41, 5.74) is -0.433. The summed E-state index contributed by atoms with van der Waals surface area (Å²) in [6.07, 6.45) is 0. The van der Waals surface area contributed by atoms with Gasteiger partial charge in [-0.05, 0) is 6.92 Å². The van der Waals surface area contributed by atoms with Crippen molar-refractivity contribution >= 4 is 11.9 Å². The zero-order valence-electron chi connectivity index (χ0n) is 6.12. The van der Waals surface area contributed by atoms with Crippen molar-refractivity contribution in [2.45, 2.75) is 6.92 Å². The highest BCUT2D eigenvalue weighted by Crippen LogP contribution is 2.01. The molecule has 0 bridgehead atoms. The quantitative estimate of drug-likeness (QED) is 0.339. The van der Waals surface area contributed by atoms with E-state index in [1.165, 1.54) is 0 Å². The van der Waals surface area contributed by atoms with E-state index >= 15 is 0 Å². The Hall–Kier alpha value is -1.52. The molecule has 0 fully saturated rings. The number of rotatable bonds is 2. The molecule has 0 aromatic heterocycles. The standard InChI is InChI=1S/C6H8O5/c1-3(5(8)9)4(7)6(10)11-2/h7H,1-2H3,(H,8,9)/b4-3-. The van der Waals surface area contributed by atoms with E-state index < -0.39 is 23.3 Å². The zero-order valence-corrected chi connectivity index (χ0v) is 6.12. The highest BCUT2D eigenvalue weighted by molar-refractivity contribution is 5.97. The summed E-state index contributed by atoms with van der Waals surface area (Å²) in [7, 11) is 1.05. The number of ether oxygens (including phenoxy) is 1. The number of carbonyl (C=O) groups excluding carboxylic acids is 1. The Morgan fingerprint density at radius 3 is 2.00 bits per heavy atom. The lowest BCUT2D eigenvalue weighted by atomic mass is 10.2. The van der Waals surface area contributed by atoms with Crippen LogP contribution in [0.5, 0.6) is 0 Å². The van der Waals surface area contributed by atoms with Crippen LogP contribution < -0.4 is 0 Å². The van der Waals surface area contributed by atoms with Gasteiger partial charge in [0.15, 0.2) is 0 Å². The predicted molar refractivity (Wildman–Crippen MR) is 35.0 cm³/mol. The third kappa shape index (κ3) is 2.29. The maximum Gasteiger partial charge on any atom is 0.373 e. The number of aliphatic carboxylic acids is 1. The van der Waals surface area contributed by atoms with Gasteiger partial charge in [-0.1, -0.05) is 0 Å². The first-order valence-electron chi connectivity index (χ1n) is 2.72. The van der Waals surface area contributed by atoms with Gasteiger partial charge in [-0.2, -0.15) is 0 Å². The summed E-state index contributed by atoms with van der Waals surface area (Å²) in [5.74, 6) is -3.28. The van der Waals surface area contributed by atoms with E-state index in [1.54, 1.807) is 0 Å². The Bertz CT molecular complexity index is 215. The number of carboxylic acids is 1. The molecule has 0 unspecified atom stereocenters. The molecule has 0 atom stereocenters. The van der Waals surface area contributed by atoms with Gasteiger partial charge < -0.3 is 14.9 Å². The molecule has 2 N–H and O–H groups in total. The average Bonchev–Trinajstić information content (AvgIpc) is 2.00. The van der Waals surface area contributed by atoms with Crippen molar-refractivity contribution in [2.24, 2.45) is 0 Å². The molecule has 0 spiro atoms. The van der Waals surface area contributed by atoms with E-state index in [2.05, 4.69) is 4.74 Å². The van der Waals surface area contributed by atoms with Gasteiger partial charge in [0, 0.05) is 0 Å². The first-order chi connectivity index (χ1) is 5.00. The monoisotopic (exact) mass is 160 g/mol. The number of carboxylic acid groups (broad SMARTS) is 1. The lowest BCUT2D eigenvalue weighted by Gasteiger charge is -1.98. The van der Waals surface area contributed by atoms with Crippen molar-refractivity contribution in [1.82, 2.24) is 0 Å². The molecule has 0 heterocycles. The molecule has 0 aromatic carbocycles. The summed E-state index contributed by atoms with van der Waals surface area (Å²) < 4.78 is 4.07. The van der Waals surface area contributed by atoms with Crippen LogP contribution in [0.25, 0.3) is 0 Å². The van der Waals surface area contributed by atoms with E-state index in [0.717, 1.165) is 14.0 Å². The van der Waals surface area contributed by atoms with Crippen LogP contribution in [0.3, 0.4) is 0 Å². The van der Waals surface area contributed by atoms with Gasteiger partial charge in [0.2, 0.25) is 5.76 Å². The average molecular weight is 160 g/mol. The normalized spacial score (nSPS) is 11.8. The van der Waals surface area contributed by atoms with E-state index in [4.69, 9.17) is 10.2 Å². The Balaban J connectivity index is 4.66. The minimum Gasteiger partial charge on any atom is -0.501 e. The largest absolute Gasteiger partial charge is 0.501 e. The van der Waals surface area contributed by atoms with Gasteiger partial charge in [0.05, 0.1) is 12.7 Å². The molecule has 0 aliphatic heterocycles. The molecule has 5 nitrogen and oxygen atoms in total. The summed E-state index contributed by atoms with van der Waals surface area (Å²) in [5, 5.41) is 17.1. The van der Waals surface area contributed by atoms with Crippen LogP contribution in [0.15, 0.2) is 11.3 Å². The number of aliphatic hydroxyl groups is 1. The highest BCUT2D eigenvalue weighted by atomic mass is 16.5. The molecule has 0 amide bonds. The first kappa shape index (κ1) is 9.48. The topological polar surface area (TPSA) is 83.8 Å². The first-order valence-corrected chi connectivity index (χ1v) is 2.72. The summed E-state index contributed by atoms with van der Waals surface area (Å²) in [6, 6.07) is 0. The third-order valence-corrected chi connectivity index (χ3v) is 1.05. The molecule has 0 saturated heterocycles. The van der Waals surface area contributed by atoms with E-state index in [9.17, 15) is 9.59 Å². The lowest BCUT2D eigenvalue weighted by molar-refractivity contribution is -0.140. The number of esters is 1. The fraction of sp³-hybridized carbons (Fsp3) is 0.333. The SMILES string of the molecule is COC(=O)/C(O)=C(\C)C(=O)O. The van der Waals surface area contributed by atoms with Crippen LogP contribution in [-0.2, 0) is 14.3 Å². The molecular weight excluding hydrogens is 152 g/mol. The summed E-state index contributed by atoms with van der Waals surface area (Å²) >= 11 is 0. The van der Waals surface area contributed by atoms with E-state index in [1.807, 2.05) is 0 Å². The number of hydrogen-bond acceptors (Lipinski definition) is 4. The summed E-state index contributed by atoms with van der Waals surface area (Å²) in [6.45, 7) is 1.11. The van der Waals surface area contributed by atoms with Crippen LogP contribution >= 0.6 is 0 Å². The maximum absolute atomic E-state index is 10.5. The van der Waals surface area contributed by atoms with Gasteiger partial charge in [0.1, 0.15) is 0 Å². The Morgan fingerprint density at radius 2 is 1.73 bits per heavy atom. The molecule has 62 valence electrons. The van der Waals surface area contributed by atoms with Crippen molar-refractivity contribution in [1.29, 1.82) is 0 Å². The minimum absolute atomic E-state index is 0.433. The van der Waals surface area contributed by atoms with Gasteiger partial charge in [-0.15, -0.1) is 0 Å². The minimum atomic E-state index is -1.35. The Kier molecular flexibility index (Phi) is 3.10. The van der Waals surface area contributed by atoms with Crippen molar-refractivity contribution in [2.75, 3.05) is 7.11 Å². The molecule has 5 heteroatoms. The fourth-order valence-electron chi connectivity index (χ4n) is 0.351. The Labute approximate surface area is 62.9 Å². The van der Waals surface area contributed by atoms with Crippen LogP contribution in [0, 0.1) is 0 Å². The number of aliphatic hydroxyl groups excluding tert-OH is 1. The molecular formula is C6H8O5. The molecule has 0 saturated carbocycles. The second-order valence-corrected chi connectivity index (χ2v) is 1.77. The molecule has 0 radical (unpaired) electrons. The smallest absolute Gasteiger partial charge is 0.373 e. The molecule has 11 heavy (non-hydrogen) atoms. The van der Waals surface area contributed by atoms with E-state index in [0.29, 0.717) is 0 Å². The number of hydrogen-bond donors (Lipinski definition) is 2.